The first kappa shape index (κ1) is 22.2. The number of nitrogens with zero attached hydrogens (tertiary/aromatic N) is 4. The maximum absolute atomic E-state index is 5.12. The molecule has 4 nitrogen and oxygen atoms in total. The van der Waals surface area contributed by atoms with Gasteiger partial charge in [0.05, 0.1) is 11.4 Å². The van der Waals surface area contributed by atoms with Gasteiger partial charge in [-0.05, 0) is 56.4 Å². The SMILES string of the molecule is Cc1cccc(C)c1N=C1C(=Nc2c(C)cccc2C)N(C)CCCN1C.[Ni]. The molecule has 152 valence electrons. The Morgan fingerprint density at radius 1 is 0.643 bits per heavy atom. The minimum Gasteiger partial charge on any atom is -0.357 e. The second-order valence-corrected chi connectivity index (χ2v) is 7.55. The molecule has 0 aromatic heterocycles. The molecule has 0 saturated carbocycles. The van der Waals surface area contributed by atoms with E-state index in [1.54, 1.807) is 0 Å². The van der Waals surface area contributed by atoms with Crippen LogP contribution in [-0.4, -0.2) is 48.7 Å². The van der Waals surface area contributed by atoms with Gasteiger partial charge < -0.3 is 9.80 Å². The maximum atomic E-state index is 5.12. The van der Waals surface area contributed by atoms with Crippen molar-refractivity contribution < 1.29 is 16.5 Å². The van der Waals surface area contributed by atoms with Crippen LogP contribution in [0, 0.1) is 27.7 Å². The molecule has 28 heavy (non-hydrogen) atoms. The van der Waals surface area contributed by atoms with Crippen LogP contribution in [0.15, 0.2) is 46.4 Å². The number of aliphatic imine (C=N–C) groups is 2. The maximum Gasteiger partial charge on any atom is 0.172 e. The van der Waals surface area contributed by atoms with Gasteiger partial charge in [-0.25, -0.2) is 9.98 Å². The molecule has 0 N–H and O–H groups in total. The molecule has 1 fully saturated rings. The molecule has 0 radical (unpaired) electrons. The van der Waals surface area contributed by atoms with Crippen LogP contribution in [0.1, 0.15) is 28.7 Å². The zero-order valence-electron chi connectivity index (χ0n) is 17.7. The topological polar surface area (TPSA) is 31.2 Å². The van der Waals surface area contributed by atoms with Crippen LogP contribution in [0.5, 0.6) is 0 Å². The molecule has 1 saturated heterocycles. The molecule has 2 aromatic carbocycles. The predicted octanol–water partition coefficient (Wildman–Crippen LogP) is 4.95. The predicted molar refractivity (Wildman–Crippen MR) is 116 cm³/mol. The van der Waals surface area contributed by atoms with Crippen molar-refractivity contribution in [2.45, 2.75) is 34.1 Å². The summed E-state index contributed by atoms with van der Waals surface area (Å²) in [6, 6.07) is 12.7. The van der Waals surface area contributed by atoms with Gasteiger partial charge in [0.25, 0.3) is 0 Å². The summed E-state index contributed by atoms with van der Waals surface area (Å²) in [6.45, 7) is 10.4. The zero-order valence-corrected chi connectivity index (χ0v) is 18.7. The number of aryl methyl sites for hydroxylation is 4. The van der Waals surface area contributed by atoms with Gasteiger partial charge in [-0.15, -0.1) is 0 Å². The van der Waals surface area contributed by atoms with Gasteiger partial charge in [0.15, 0.2) is 11.7 Å². The van der Waals surface area contributed by atoms with Crippen LogP contribution in [0.3, 0.4) is 0 Å². The fraction of sp³-hybridized carbons (Fsp3) is 0.391. The summed E-state index contributed by atoms with van der Waals surface area (Å²) in [5, 5.41) is 0. The molecule has 5 heteroatoms. The zero-order chi connectivity index (χ0) is 19.6. The normalized spacial score (nSPS) is 17.6. The molecular formula is C23H30N4Ni. The summed E-state index contributed by atoms with van der Waals surface area (Å²) >= 11 is 0. The van der Waals surface area contributed by atoms with Crippen molar-refractivity contribution in [3.63, 3.8) is 0 Å². The molecule has 1 aliphatic rings. The largest absolute Gasteiger partial charge is 0.357 e. The first-order valence-corrected chi connectivity index (χ1v) is 9.61. The molecule has 1 aliphatic heterocycles. The number of hydrogen-bond acceptors (Lipinski definition) is 2. The molecule has 0 spiro atoms. The van der Waals surface area contributed by atoms with Crippen molar-refractivity contribution >= 4 is 23.0 Å². The van der Waals surface area contributed by atoms with E-state index in [0.29, 0.717) is 0 Å². The third-order valence-electron chi connectivity index (χ3n) is 5.22. The smallest absolute Gasteiger partial charge is 0.172 e. The molecule has 0 bridgehead atoms. The fourth-order valence-electron chi connectivity index (χ4n) is 3.54. The minimum atomic E-state index is 0. The molecule has 2 aromatic rings. The number of rotatable bonds is 2. The summed E-state index contributed by atoms with van der Waals surface area (Å²) < 4.78 is 0. The summed E-state index contributed by atoms with van der Waals surface area (Å²) in [5.74, 6) is 1.88. The van der Waals surface area contributed by atoms with Crippen molar-refractivity contribution in [2.24, 2.45) is 9.98 Å². The Morgan fingerprint density at radius 3 is 1.29 bits per heavy atom. The molecule has 0 unspecified atom stereocenters. The Morgan fingerprint density at radius 2 is 0.964 bits per heavy atom. The van der Waals surface area contributed by atoms with Gasteiger partial charge in [-0.2, -0.15) is 0 Å². The third kappa shape index (κ3) is 4.64. The van der Waals surface area contributed by atoms with Crippen molar-refractivity contribution in [3.05, 3.63) is 58.7 Å². The third-order valence-corrected chi connectivity index (χ3v) is 5.22. The Labute approximate surface area is 179 Å². The van der Waals surface area contributed by atoms with Crippen molar-refractivity contribution in [2.75, 3.05) is 27.2 Å². The van der Waals surface area contributed by atoms with E-state index in [2.05, 4.69) is 88.0 Å². The molecular weight excluding hydrogens is 391 g/mol. The second-order valence-electron chi connectivity index (χ2n) is 7.55. The molecule has 0 amide bonds. The van der Waals surface area contributed by atoms with E-state index >= 15 is 0 Å². The van der Waals surface area contributed by atoms with Crippen LogP contribution in [0.2, 0.25) is 0 Å². The summed E-state index contributed by atoms with van der Waals surface area (Å²) in [4.78, 5) is 14.7. The van der Waals surface area contributed by atoms with E-state index < -0.39 is 0 Å². The molecule has 0 aliphatic carbocycles. The van der Waals surface area contributed by atoms with E-state index in [1.807, 2.05) is 0 Å². The van der Waals surface area contributed by atoms with Crippen LogP contribution in [-0.2, 0) is 16.5 Å². The van der Waals surface area contributed by atoms with Crippen LogP contribution in [0.25, 0.3) is 0 Å². The Bertz CT molecular complexity index is 787. The van der Waals surface area contributed by atoms with Gasteiger partial charge in [0.2, 0.25) is 0 Å². The van der Waals surface area contributed by atoms with Crippen molar-refractivity contribution in [1.29, 1.82) is 0 Å². The fourth-order valence-corrected chi connectivity index (χ4v) is 3.54. The quantitative estimate of drug-likeness (QED) is 0.643. The number of hydrogen-bond donors (Lipinski definition) is 0. The Hall–Kier alpha value is -2.13. The average molecular weight is 421 g/mol. The number of amidine groups is 2. The average Bonchev–Trinajstić information content (AvgIpc) is 2.74. The van der Waals surface area contributed by atoms with Crippen molar-refractivity contribution in [3.8, 4) is 0 Å². The van der Waals surface area contributed by atoms with Gasteiger partial charge in [-0.1, -0.05) is 36.4 Å². The van der Waals surface area contributed by atoms with Gasteiger partial charge in [0.1, 0.15) is 0 Å². The molecule has 0 atom stereocenters. The van der Waals surface area contributed by atoms with Crippen LogP contribution in [0.4, 0.5) is 11.4 Å². The standard InChI is InChI=1S/C23H30N4.Ni/c1-16-10-7-11-17(2)20(16)24-22-23(27(6)15-9-14-26(22)5)25-21-18(3)12-8-13-19(21)4;/h7-8,10-13H,9,14-15H2,1-6H3;. The molecule has 3 rings (SSSR count). The Balaban J connectivity index is 0.00000280. The monoisotopic (exact) mass is 420 g/mol. The van der Waals surface area contributed by atoms with Gasteiger partial charge in [-0.3, -0.25) is 0 Å². The summed E-state index contributed by atoms with van der Waals surface area (Å²) in [5.41, 5.74) is 6.85. The van der Waals surface area contributed by atoms with Crippen LogP contribution >= 0.6 is 0 Å². The number of benzene rings is 2. The van der Waals surface area contributed by atoms with E-state index in [9.17, 15) is 0 Å². The first-order valence-electron chi connectivity index (χ1n) is 9.61. The summed E-state index contributed by atoms with van der Waals surface area (Å²) in [6.07, 6.45) is 1.09. The van der Waals surface area contributed by atoms with E-state index in [4.69, 9.17) is 9.98 Å². The molecule has 1 heterocycles. The number of likely N-dealkylation sites (N-methyl/N-ethyl adjacent to an activating group) is 2. The van der Waals surface area contributed by atoms with Crippen LogP contribution < -0.4 is 0 Å². The Kier molecular flexibility index (Phi) is 7.43. The summed E-state index contributed by atoms with van der Waals surface area (Å²) in [7, 11) is 4.23. The number of para-hydroxylation sites is 2. The van der Waals surface area contributed by atoms with Gasteiger partial charge in [0, 0.05) is 43.7 Å². The second kappa shape index (κ2) is 9.38. The van der Waals surface area contributed by atoms with E-state index in [1.165, 1.54) is 22.3 Å². The first-order chi connectivity index (χ1) is 12.9. The van der Waals surface area contributed by atoms with Crippen molar-refractivity contribution in [1.82, 2.24) is 9.80 Å². The minimum absolute atomic E-state index is 0. The van der Waals surface area contributed by atoms with Gasteiger partial charge >= 0.3 is 0 Å². The van der Waals surface area contributed by atoms with E-state index in [-0.39, 0.29) is 16.5 Å². The van der Waals surface area contributed by atoms with E-state index in [0.717, 1.165) is 42.6 Å².